The minimum atomic E-state index is -4.71. The number of benzene rings is 2. The predicted octanol–water partition coefficient (Wildman–Crippen LogP) is 4.78. The second-order valence-corrected chi connectivity index (χ2v) is 8.20. The lowest BCUT2D eigenvalue weighted by molar-refractivity contribution is -0.136. The molecule has 36 heavy (non-hydrogen) atoms. The molecule has 0 fully saturated rings. The third-order valence-electron chi connectivity index (χ3n) is 5.83. The van der Waals surface area contributed by atoms with Crippen LogP contribution in [0.5, 0.6) is 0 Å². The summed E-state index contributed by atoms with van der Waals surface area (Å²) in [5, 5.41) is 2.87. The number of alkyl halides is 3. The smallest absolute Gasteiger partial charge is 0.366 e. The normalized spacial score (nSPS) is 12.4. The number of carbonyl (C=O) groups excluding carboxylic acids is 1. The highest BCUT2D eigenvalue weighted by Gasteiger charge is 2.34. The van der Waals surface area contributed by atoms with Gasteiger partial charge in [-0.15, -0.1) is 0 Å². The molecular weight excluding hydrogens is 471 g/mol. The molecule has 0 spiro atoms. The van der Waals surface area contributed by atoms with E-state index < -0.39 is 34.6 Å². The number of rotatable bonds is 6. The second kappa shape index (κ2) is 9.29. The Morgan fingerprint density at radius 2 is 1.81 bits per heavy atom. The van der Waals surface area contributed by atoms with E-state index in [1.165, 1.54) is 29.1 Å². The first-order valence-corrected chi connectivity index (χ1v) is 10.9. The maximum atomic E-state index is 13.8. The summed E-state index contributed by atoms with van der Waals surface area (Å²) in [6.45, 7) is 7.11. The molecule has 10 heteroatoms. The molecule has 4 rings (SSSR count). The highest BCUT2D eigenvalue weighted by molar-refractivity contribution is 6.19. The lowest BCUT2D eigenvalue weighted by atomic mass is 10.0. The molecule has 7 nitrogen and oxygen atoms in total. The Morgan fingerprint density at radius 3 is 2.44 bits per heavy atom. The van der Waals surface area contributed by atoms with E-state index in [1.54, 1.807) is 44.2 Å². The molecule has 0 aliphatic carbocycles. The van der Waals surface area contributed by atoms with Crippen molar-refractivity contribution < 1.29 is 18.0 Å². The Hall–Kier alpha value is -4.47. The molecule has 2 aromatic carbocycles. The van der Waals surface area contributed by atoms with E-state index in [0.29, 0.717) is 22.6 Å². The second-order valence-electron chi connectivity index (χ2n) is 8.20. The number of hydrogen-bond acceptors (Lipinski definition) is 5. The zero-order chi connectivity index (χ0) is 26.2. The molecule has 0 saturated heterocycles. The van der Waals surface area contributed by atoms with Gasteiger partial charge in [-0.25, -0.2) is 9.97 Å². The number of hydrogen-bond donors (Lipinski definition) is 2. The molecule has 4 aromatic rings. The number of carbonyl (C=O) groups is 1. The first kappa shape index (κ1) is 24.6. The quantitative estimate of drug-likeness (QED) is 0.377. The molecule has 1 amide bonds. The van der Waals surface area contributed by atoms with Gasteiger partial charge in [0.2, 0.25) is 5.91 Å². The fourth-order valence-corrected chi connectivity index (χ4v) is 4.13. The van der Waals surface area contributed by atoms with Crippen LogP contribution in [0.2, 0.25) is 0 Å². The monoisotopic (exact) mass is 493 g/mol. The molecule has 0 bridgehead atoms. The van der Waals surface area contributed by atoms with Crippen LogP contribution in [-0.2, 0) is 11.0 Å². The summed E-state index contributed by atoms with van der Waals surface area (Å²) in [5.74, 6) is -0.509. The van der Waals surface area contributed by atoms with Gasteiger partial charge in [-0.2, -0.15) is 13.2 Å². The number of pyridine rings is 1. The van der Waals surface area contributed by atoms with Crippen LogP contribution in [-0.4, -0.2) is 20.4 Å². The Morgan fingerprint density at radius 1 is 1.11 bits per heavy atom. The Kier molecular flexibility index (Phi) is 6.36. The molecule has 1 atom stereocenters. The Labute approximate surface area is 204 Å². The number of nitrogens with one attached hydrogen (secondary N) is 1. The van der Waals surface area contributed by atoms with E-state index in [9.17, 15) is 22.8 Å². The molecule has 0 aliphatic rings. The van der Waals surface area contributed by atoms with Gasteiger partial charge >= 0.3 is 6.18 Å². The largest absolute Gasteiger partial charge is 0.417 e. The van der Waals surface area contributed by atoms with E-state index in [-0.39, 0.29) is 16.8 Å². The first-order chi connectivity index (χ1) is 17.0. The average Bonchev–Trinajstić information content (AvgIpc) is 2.83. The minimum absolute atomic E-state index is 0.00317. The predicted molar refractivity (Wildman–Crippen MR) is 132 cm³/mol. The van der Waals surface area contributed by atoms with Gasteiger partial charge in [-0.1, -0.05) is 36.9 Å². The lowest BCUT2D eigenvalue weighted by Crippen LogP contribution is -2.27. The van der Waals surface area contributed by atoms with Crippen LogP contribution in [0.25, 0.3) is 22.0 Å². The zero-order valence-electron chi connectivity index (χ0n) is 19.4. The van der Waals surface area contributed by atoms with Crippen LogP contribution in [0.15, 0.2) is 72.3 Å². The van der Waals surface area contributed by atoms with E-state index in [0.717, 1.165) is 6.07 Å². The number of para-hydroxylation sites is 1. The maximum Gasteiger partial charge on any atom is 0.417 e. The van der Waals surface area contributed by atoms with Crippen molar-refractivity contribution in [1.29, 1.82) is 0 Å². The number of aryl methyl sites for hydroxylation is 1. The van der Waals surface area contributed by atoms with Gasteiger partial charge in [0.15, 0.2) is 0 Å². The SMILES string of the molecule is C=C(C(N)=O)c1c(C)ncnc1N[C@@H](C)c1cc2cccc(C(F)(F)F)c2c(=O)n1-c1ccccc1. The van der Waals surface area contributed by atoms with E-state index in [2.05, 4.69) is 21.9 Å². The number of nitrogens with two attached hydrogens (primary N) is 1. The van der Waals surface area contributed by atoms with Crippen molar-refractivity contribution >= 4 is 28.1 Å². The maximum absolute atomic E-state index is 13.8. The van der Waals surface area contributed by atoms with Crippen molar-refractivity contribution in [3.05, 3.63) is 100 Å². The third-order valence-corrected chi connectivity index (χ3v) is 5.83. The zero-order valence-corrected chi connectivity index (χ0v) is 19.4. The van der Waals surface area contributed by atoms with Gasteiger partial charge in [-0.3, -0.25) is 14.2 Å². The standard InChI is InChI=1S/C26H22F3N5O2/c1-14(23(30)35)21-16(3)31-13-32-24(21)33-15(2)20-12-17-8-7-11-19(26(27,28)29)22(17)25(36)34(20)18-9-5-4-6-10-18/h4-13,15H,1H2,2-3H3,(H2,30,35)(H,31,32,33)/t15-/m0/s1. The lowest BCUT2D eigenvalue weighted by Gasteiger charge is -2.23. The molecule has 2 aromatic heterocycles. The third kappa shape index (κ3) is 4.45. The van der Waals surface area contributed by atoms with Gasteiger partial charge < -0.3 is 11.1 Å². The summed E-state index contributed by atoms with van der Waals surface area (Å²) in [5.41, 5.74) is 5.14. The minimum Gasteiger partial charge on any atom is -0.366 e. The highest BCUT2D eigenvalue weighted by Crippen LogP contribution is 2.35. The van der Waals surface area contributed by atoms with Crippen LogP contribution >= 0.6 is 0 Å². The number of nitrogens with zero attached hydrogens (tertiary/aromatic N) is 3. The van der Waals surface area contributed by atoms with Crippen molar-refractivity contribution in [3.63, 3.8) is 0 Å². The summed E-state index contributed by atoms with van der Waals surface area (Å²) in [6.07, 6.45) is -3.41. The summed E-state index contributed by atoms with van der Waals surface area (Å²) < 4.78 is 42.6. The topological polar surface area (TPSA) is 103 Å². The fraction of sp³-hybridized carbons (Fsp3) is 0.154. The van der Waals surface area contributed by atoms with Crippen molar-refractivity contribution in [3.8, 4) is 5.69 Å². The molecule has 0 radical (unpaired) electrons. The molecule has 0 aliphatic heterocycles. The van der Waals surface area contributed by atoms with Gasteiger partial charge in [0.05, 0.1) is 28.2 Å². The van der Waals surface area contributed by atoms with Crippen LogP contribution < -0.4 is 16.6 Å². The number of fused-ring (bicyclic) bond motifs is 1. The summed E-state index contributed by atoms with van der Waals surface area (Å²) >= 11 is 0. The van der Waals surface area contributed by atoms with Crippen LogP contribution in [0.4, 0.5) is 19.0 Å². The molecule has 3 N–H and O–H groups in total. The van der Waals surface area contributed by atoms with Gasteiger partial charge in [0.1, 0.15) is 12.1 Å². The van der Waals surface area contributed by atoms with Crippen LogP contribution in [0.1, 0.15) is 35.5 Å². The summed E-state index contributed by atoms with van der Waals surface area (Å²) in [4.78, 5) is 33.7. The van der Waals surface area contributed by atoms with E-state index in [4.69, 9.17) is 5.73 Å². The highest BCUT2D eigenvalue weighted by atomic mass is 19.4. The van der Waals surface area contributed by atoms with Crippen molar-refractivity contribution in [2.24, 2.45) is 5.73 Å². The number of primary amides is 1. The average molecular weight is 493 g/mol. The molecule has 2 heterocycles. The number of halogens is 3. The molecular formula is C26H22F3N5O2. The van der Waals surface area contributed by atoms with Gasteiger partial charge in [-0.05, 0) is 43.5 Å². The van der Waals surface area contributed by atoms with Crippen molar-refractivity contribution in [2.45, 2.75) is 26.1 Å². The van der Waals surface area contributed by atoms with Crippen molar-refractivity contribution in [2.75, 3.05) is 5.32 Å². The van der Waals surface area contributed by atoms with E-state index in [1.807, 2.05) is 0 Å². The fourth-order valence-electron chi connectivity index (χ4n) is 4.13. The van der Waals surface area contributed by atoms with Gasteiger partial charge in [0, 0.05) is 17.0 Å². The summed E-state index contributed by atoms with van der Waals surface area (Å²) in [7, 11) is 0. The van der Waals surface area contributed by atoms with Gasteiger partial charge in [0.25, 0.3) is 5.56 Å². The number of aromatic nitrogens is 3. The Balaban J connectivity index is 1.96. The van der Waals surface area contributed by atoms with Crippen LogP contribution in [0, 0.1) is 6.92 Å². The van der Waals surface area contributed by atoms with Crippen molar-refractivity contribution in [1.82, 2.24) is 14.5 Å². The Bertz CT molecular complexity index is 1550. The number of anilines is 1. The molecule has 184 valence electrons. The summed E-state index contributed by atoms with van der Waals surface area (Å²) in [6, 6.07) is 12.9. The molecule has 0 unspecified atom stereocenters. The number of amides is 1. The molecule has 0 saturated carbocycles. The van der Waals surface area contributed by atoms with Crippen LogP contribution in [0.3, 0.4) is 0 Å². The van der Waals surface area contributed by atoms with E-state index >= 15 is 0 Å². The first-order valence-electron chi connectivity index (χ1n) is 10.9.